The molecule has 0 aromatic carbocycles. The zero-order chi connectivity index (χ0) is 15.8. The Morgan fingerprint density at radius 3 is 2.55 bits per heavy atom. The van der Waals surface area contributed by atoms with Crippen molar-refractivity contribution in [3.63, 3.8) is 0 Å². The van der Waals surface area contributed by atoms with Gasteiger partial charge in [0.2, 0.25) is 0 Å². The zero-order valence-electron chi connectivity index (χ0n) is 14.3. The maximum Gasteiger partial charge on any atom is 0.0860 e. The van der Waals surface area contributed by atoms with E-state index in [1.807, 2.05) is 0 Å². The number of aliphatic hydroxyl groups excluding tert-OH is 1. The molecular formula is C20H32O2. The lowest BCUT2D eigenvalue weighted by atomic mass is 9.41. The summed E-state index contributed by atoms with van der Waals surface area (Å²) in [4.78, 5) is 0. The number of hydrogen-bond donors (Lipinski definition) is 2. The molecule has 4 rings (SSSR count). The van der Waals surface area contributed by atoms with Crippen LogP contribution in [0.2, 0.25) is 0 Å². The molecule has 2 heteroatoms. The monoisotopic (exact) mass is 304 g/mol. The van der Waals surface area contributed by atoms with Crippen LogP contribution in [0.3, 0.4) is 0 Å². The van der Waals surface area contributed by atoms with Crippen molar-refractivity contribution in [2.45, 2.75) is 77.2 Å². The first-order valence-electron chi connectivity index (χ1n) is 9.30. The summed E-state index contributed by atoms with van der Waals surface area (Å²) in [6, 6.07) is 0. The molecule has 0 amide bonds. The highest BCUT2D eigenvalue weighted by atomic mass is 16.3. The number of fused-ring (bicyclic) bond motifs is 3. The van der Waals surface area contributed by atoms with Crippen molar-refractivity contribution < 1.29 is 10.2 Å². The van der Waals surface area contributed by atoms with Crippen LogP contribution < -0.4 is 0 Å². The third-order valence-corrected chi connectivity index (χ3v) is 8.64. The van der Waals surface area contributed by atoms with E-state index in [0.29, 0.717) is 29.3 Å². The molecule has 4 aliphatic rings. The molecule has 0 aromatic rings. The number of aliphatic hydroxyl groups is 2. The van der Waals surface area contributed by atoms with Gasteiger partial charge in [0.1, 0.15) is 0 Å². The average molecular weight is 304 g/mol. The highest BCUT2D eigenvalue weighted by molar-refractivity contribution is 5.29. The van der Waals surface area contributed by atoms with Crippen LogP contribution in [-0.4, -0.2) is 22.4 Å². The van der Waals surface area contributed by atoms with Crippen molar-refractivity contribution in [3.05, 3.63) is 12.2 Å². The van der Waals surface area contributed by atoms with E-state index in [0.717, 1.165) is 31.3 Å². The fraction of sp³-hybridized carbons (Fsp3) is 0.900. The lowest BCUT2D eigenvalue weighted by molar-refractivity contribution is -0.171. The lowest BCUT2D eigenvalue weighted by Gasteiger charge is -2.64. The average Bonchev–Trinajstić information content (AvgIpc) is 2.64. The smallest absolute Gasteiger partial charge is 0.0860 e. The molecular weight excluding hydrogens is 272 g/mol. The molecule has 0 aliphatic heterocycles. The van der Waals surface area contributed by atoms with Gasteiger partial charge in [-0.05, 0) is 85.0 Å². The number of rotatable bonds is 1. The molecule has 2 bridgehead atoms. The summed E-state index contributed by atoms with van der Waals surface area (Å²) in [6.07, 6.45) is 10.3. The van der Waals surface area contributed by atoms with E-state index in [-0.39, 0.29) is 5.41 Å². The Bertz CT molecular complexity index is 514. The third kappa shape index (κ3) is 1.69. The second-order valence-electron chi connectivity index (χ2n) is 9.71. The molecule has 1 spiro atoms. The molecule has 4 fully saturated rings. The van der Waals surface area contributed by atoms with E-state index in [1.54, 1.807) is 0 Å². The second-order valence-corrected chi connectivity index (χ2v) is 9.71. The molecule has 4 saturated carbocycles. The van der Waals surface area contributed by atoms with Gasteiger partial charge < -0.3 is 10.2 Å². The molecule has 2 nitrogen and oxygen atoms in total. The van der Waals surface area contributed by atoms with Crippen molar-refractivity contribution in [3.8, 4) is 0 Å². The molecule has 2 N–H and O–H groups in total. The van der Waals surface area contributed by atoms with Gasteiger partial charge in [-0.3, -0.25) is 0 Å². The van der Waals surface area contributed by atoms with Crippen LogP contribution in [-0.2, 0) is 0 Å². The van der Waals surface area contributed by atoms with Gasteiger partial charge in [-0.15, -0.1) is 0 Å². The Hall–Kier alpha value is -0.340. The summed E-state index contributed by atoms with van der Waals surface area (Å²) in [5.41, 5.74) is 1.31. The molecule has 0 radical (unpaired) electrons. The third-order valence-electron chi connectivity index (χ3n) is 8.64. The van der Waals surface area contributed by atoms with Crippen molar-refractivity contribution in [2.24, 2.45) is 28.1 Å². The van der Waals surface area contributed by atoms with Crippen LogP contribution in [0, 0.1) is 28.1 Å². The highest BCUT2D eigenvalue weighted by Gasteiger charge is 2.66. The van der Waals surface area contributed by atoms with Crippen LogP contribution in [0.4, 0.5) is 0 Å². The lowest BCUT2D eigenvalue weighted by Crippen LogP contribution is -2.58. The molecule has 124 valence electrons. The molecule has 6 atom stereocenters. The van der Waals surface area contributed by atoms with Crippen LogP contribution >= 0.6 is 0 Å². The van der Waals surface area contributed by atoms with E-state index in [2.05, 4.69) is 20.4 Å². The Balaban J connectivity index is 1.74. The van der Waals surface area contributed by atoms with Gasteiger partial charge in [-0.2, -0.15) is 0 Å². The minimum absolute atomic E-state index is 0.109. The summed E-state index contributed by atoms with van der Waals surface area (Å²) < 4.78 is 0. The van der Waals surface area contributed by atoms with Gasteiger partial charge in [0.15, 0.2) is 0 Å². The zero-order valence-corrected chi connectivity index (χ0v) is 14.3. The minimum atomic E-state index is -0.561. The Morgan fingerprint density at radius 2 is 1.82 bits per heavy atom. The van der Waals surface area contributed by atoms with Gasteiger partial charge in [-0.1, -0.05) is 26.8 Å². The quantitative estimate of drug-likeness (QED) is 0.717. The molecule has 4 aliphatic carbocycles. The van der Waals surface area contributed by atoms with Gasteiger partial charge in [0.05, 0.1) is 5.60 Å². The SMILES string of the molecule is C=C1C[C@@]23CC[C@@H]4[C@](C)(CO)CCC[C@@]4(C)[C@@H]2CC[C@]1(O)C3. The maximum absolute atomic E-state index is 10.9. The van der Waals surface area contributed by atoms with Gasteiger partial charge in [0, 0.05) is 6.61 Å². The van der Waals surface area contributed by atoms with Crippen molar-refractivity contribution in [1.29, 1.82) is 0 Å². The molecule has 0 unspecified atom stereocenters. The second kappa shape index (κ2) is 4.39. The predicted octanol–water partition coefficient (Wildman–Crippen LogP) is 4.06. The predicted molar refractivity (Wildman–Crippen MR) is 88.4 cm³/mol. The number of hydrogen-bond acceptors (Lipinski definition) is 2. The van der Waals surface area contributed by atoms with Gasteiger partial charge in [-0.25, -0.2) is 0 Å². The summed E-state index contributed by atoms with van der Waals surface area (Å²) in [6.45, 7) is 9.41. The first-order valence-corrected chi connectivity index (χ1v) is 9.30. The minimum Gasteiger partial charge on any atom is -0.396 e. The van der Waals surface area contributed by atoms with E-state index in [9.17, 15) is 10.2 Å². The Morgan fingerprint density at radius 1 is 1.09 bits per heavy atom. The van der Waals surface area contributed by atoms with Crippen LogP contribution in [0.15, 0.2) is 12.2 Å². The summed E-state index contributed by atoms with van der Waals surface area (Å²) in [5.74, 6) is 1.36. The van der Waals surface area contributed by atoms with Crippen molar-refractivity contribution >= 4 is 0 Å². The summed E-state index contributed by atoms with van der Waals surface area (Å²) in [5, 5.41) is 21.0. The molecule has 22 heavy (non-hydrogen) atoms. The molecule has 0 saturated heterocycles. The first-order chi connectivity index (χ1) is 10.3. The van der Waals surface area contributed by atoms with E-state index >= 15 is 0 Å². The van der Waals surface area contributed by atoms with E-state index in [4.69, 9.17) is 0 Å². The molecule has 0 heterocycles. The van der Waals surface area contributed by atoms with Crippen molar-refractivity contribution in [2.75, 3.05) is 6.61 Å². The Kier molecular flexibility index (Phi) is 3.03. The summed E-state index contributed by atoms with van der Waals surface area (Å²) in [7, 11) is 0. The normalized spacial score (nSPS) is 57.4. The van der Waals surface area contributed by atoms with E-state index in [1.165, 1.54) is 32.1 Å². The fourth-order valence-corrected chi connectivity index (χ4v) is 7.67. The highest BCUT2D eigenvalue weighted by Crippen LogP contribution is 2.72. The molecule has 0 aromatic heterocycles. The van der Waals surface area contributed by atoms with Crippen LogP contribution in [0.5, 0.6) is 0 Å². The van der Waals surface area contributed by atoms with Crippen LogP contribution in [0.1, 0.15) is 71.6 Å². The standard InChI is InChI=1S/C20H32O2/c1-14-11-19-9-5-15-17(2,13-21)7-4-8-18(15,3)16(19)6-10-20(14,22)12-19/h15-16,21-22H,1,4-13H2,2-3H3/t15-,16+,17+,18-,19-,20+/m1/s1. The topological polar surface area (TPSA) is 40.5 Å². The van der Waals surface area contributed by atoms with Crippen molar-refractivity contribution in [1.82, 2.24) is 0 Å². The fourth-order valence-electron chi connectivity index (χ4n) is 7.67. The van der Waals surface area contributed by atoms with Gasteiger partial charge in [0.25, 0.3) is 0 Å². The Labute approximate surface area is 135 Å². The van der Waals surface area contributed by atoms with E-state index < -0.39 is 5.60 Å². The van der Waals surface area contributed by atoms with Crippen LogP contribution in [0.25, 0.3) is 0 Å². The first kappa shape index (κ1) is 15.2. The van der Waals surface area contributed by atoms with Gasteiger partial charge >= 0.3 is 0 Å². The maximum atomic E-state index is 10.9. The summed E-state index contributed by atoms with van der Waals surface area (Å²) >= 11 is 0. The largest absolute Gasteiger partial charge is 0.396 e.